The zero-order chi connectivity index (χ0) is 7.52. The molecule has 0 aromatic carbocycles. The van der Waals surface area contributed by atoms with Gasteiger partial charge in [0.25, 0.3) is 0 Å². The van der Waals surface area contributed by atoms with Crippen molar-refractivity contribution in [3.8, 4) is 0 Å². The number of hydrogen-bond donors (Lipinski definition) is 0. The van der Waals surface area contributed by atoms with Crippen LogP contribution in [0.15, 0.2) is 9.98 Å². The van der Waals surface area contributed by atoms with E-state index in [2.05, 4.69) is 9.98 Å². The van der Waals surface area contributed by atoms with Gasteiger partial charge in [-0.3, -0.25) is 9.98 Å². The van der Waals surface area contributed by atoms with Crippen LogP contribution >= 0.6 is 0 Å². The molecule has 0 aliphatic carbocycles. The van der Waals surface area contributed by atoms with Gasteiger partial charge in [-0.25, -0.2) is 0 Å². The minimum Gasteiger partial charge on any atom is -0.479 e. The smallest absolute Gasteiger partial charge is 0.189 e. The molecule has 2 heterocycles. The predicted octanol–water partition coefficient (Wildman–Crippen LogP) is 1.04. The fourth-order valence-corrected chi connectivity index (χ4v) is 1.40. The number of hydrogen-bond acceptors (Lipinski definition) is 3. The van der Waals surface area contributed by atoms with Crippen molar-refractivity contribution in [1.29, 1.82) is 0 Å². The van der Waals surface area contributed by atoms with Crippen LogP contribution in [0.5, 0.6) is 0 Å². The summed E-state index contributed by atoms with van der Waals surface area (Å²) in [6, 6.07) is 0. The maximum atomic E-state index is 5.28. The van der Waals surface area contributed by atoms with E-state index < -0.39 is 0 Å². The molecule has 3 nitrogen and oxygen atoms in total. The molecule has 11 heavy (non-hydrogen) atoms. The molecule has 3 heteroatoms. The highest BCUT2D eigenvalue weighted by molar-refractivity contribution is 6.02. The molecule has 0 radical (unpaired) electrons. The maximum Gasteiger partial charge on any atom is 0.189 e. The Labute approximate surface area is 66.2 Å². The van der Waals surface area contributed by atoms with Gasteiger partial charge in [0, 0.05) is 12.3 Å². The van der Waals surface area contributed by atoms with Crippen molar-refractivity contribution in [2.75, 3.05) is 19.7 Å². The third kappa shape index (κ3) is 1.59. The van der Waals surface area contributed by atoms with Gasteiger partial charge in [0.1, 0.15) is 6.61 Å². The van der Waals surface area contributed by atoms with Crippen molar-refractivity contribution in [3.63, 3.8) is 0 Å². The quantitative estimate of drug-likeness (QED) is 0.582. The van der Waals surface area contributed by atoms with Crippen molar-refractivity contribution < 1.29 is 4.74 Å². The zero-order valence-corrected chi connectivity index (χ0v) is 6.55. The molecule has 2 aliphatic rings. The van der Waals surface area contributed by atoms with Gasteiger partial charge < -0.3 is 4.74 Å². The summed E-state index contributed by atoms with van der Waals surface area (Å²) in [6.45, 7) is 2.61. The molecule has 2 rings (SSSR count). The molecule has 0 aromatic rings. The molecule has 0 spiro atoms. The van der Waals surface area contributed by atoms with E-state index in [9.17, 15) is 0 Å². The third-order valence-electron chi connectivity index (χ3n) is 1.96. The van der Waals surface area contributed by atoms with Gasteiger partial charge in [0.05, 0.1) is 13.0 Å². The Kier molecular flexibility index (Phi) is 1.88. The Balaban J connectivity index is 1.89. The van der Waals surface area contributed by atoms with E-state index in [4.69, 9.17) is 4.74 Å². The highest BCUT2D eigenvalue weighted by atomic mass is 16.5. The normalized spacial score (nSPS) is 22.9. The summed E-state index contributed by atoms with van der Waals surface area (Å²) in [4.78, 5) is 8.57. The third-order valence-corrected chi connectivity index (χ3v) is 1.96. The van der Waals surface area contributed by atoms with Crippen LogP contribution < -0.4 is 0 Å². The number of nitrogens with zero attached hydrogens (tertiary/aromatic N) is 2. The molecule has 0 aromatic heterocycles. The second-order valence-electron chi connectivity index (χ2n) is 2.85. The lowest BCUT2D eigenvalue weighted by Gasteiger charge is -1.99. The van der Waals surface area contributed by atoms with Gasteiger partial charge in [0.2, 0.25) is 0 Å². The van der Waals surface area contributed by atoms with Crippen molar-refractivity contribution in [2.24, 2.45) is 9.98 Å². The Morgan fingerprint density at radius 3 is 2.91 bits per heavy atom. The molecule has 0 atom stereocenters. The minimum absolute atomic E-state index is 0.766. The monoisotopic (exact) mass is 152 g/mol. The second kappa shape index (κ2) is 3.03. The van der Waals surface area contributed by atoms with E-state index in [0.29, 0.717) is 0 Å². The van der Waals surface area contributed by atoms with Crippen LogP contribution in [-0.4, -0.2) is 31.3 Å². The Morgan fingerprint density at radius 1 is 1.27 bits per heavy atom. The highest BCUT2D eigenvalue weighted by Gasteiger charge is 2.13. The van der Waals surface area contributed by atoms with Gasteiger partial charge >= 0.3 is 0 Å². The second-order valence-corrected chi connectivity index (χ2v) is 2.85. The average molecular weight is 152 g/mol. The van der Waals surface area contributed by atoms with Crippen molar-refractivity contribution >= 4 is 11.6 Å². The van der Waals surface area contributed by atoms with Crippen LogP contribution in [-0.2, 0) is 4.74 Å². The van der Waals surface area contributed by atoms with E-state index in [1.54, 1.807) is 0 Å². The lowest BCUT2D eigenvalue weighted by molar-refractivity contribution is 0.342. The van der Waals surface area contributed by atoms with Crippen LogP contribution in [0.1, 0.15) is 19.3 Å². The molecule has 0 bridgehead atoms. The van der Waals surface area contributed by atoms with E-state index >= 15 is 0 Å². The standard InChI is InChI=1S/C8H12N2O/c1-2-7(9-3-1)6-8-10-4-5-11-8/h1-6H2. The first-order valence-electron chi connectivity index (χ1n) is 4.13. The summed E-state index contributed by atoms with van der Waals surface area (Å²) in [6.07, 6.45) is 3.21. The predicted molar refractivity (Wildman–Crippen MR) is 44.4 cm³/mol. The van der Waals surface area contributed by atoms with Gasteiger partial charge in [-0.05, 0) is 12.8 Å². The summed E-state index contributed by atoms with van der Waals surface area (Å²) in [5.74, 6) is 0.894. The number of rotatable bonds is 2. The summed E-state index contributed by atoms with van der Waals surface area (Å²) in [5.41, 5.74) is 1.27. The Morgan fingerprint density at radius 2 is 2.27 bits per heavy atom. The summed E-state index contributed by atoms with van der Waals surface area (Å²) < 4.78 is 5.28. The van der Waals surface area contributed by atoms with E-state index in [-0.39, 0.29) is 0 Å². The molecule has 0 saturated heterocycles. The van der Waals surface area contributed by atoms with Crippen LogP contribution in [0, 0.1) is 0 Å². The fourth-order valence-electron chi connectivity index (χ4n) is 1.40. The summed E-state index contributed by atoms with van der Waals surface area (Å²) >= 11 is 0. The summed E-state index contributed by atoms with van der Waals surface area (Å²) in [7, 11) is 0. The first-order chi connectivity index (χ1) is 5.45. The van der Waals surface area contributed by atoms with Gasteiger partial charge in [-0.1, -0.05) is 0 Å². The molecule has 0 fully saturated rings. The largest absolute Gasteiger partial charge is 0.479 e. The van der Waals surface area contributed by atoms with Crippen LogP contribution in [0.2, 0.25) is 0 Å². The molecule has 0 amide bonds. The van der Waals surface area contributed by atoms with Crippen LogP contribution in [0.4, 0.5) is 0 Å². The van der Waals surface area contributed by atoms with Crippen LogP contribution in [0.3, 0.4) is 0 Å². The first-order valence-corrected chi connectivity index (χ1v) is 4.13. The maximum absolute atomic E-state index is 5.28. The van der Waals surface area contributed by atoms with E-state index in [1.165, 1.54) is 12.1 Å². The topological polar surface area (TPSA) is 34.0 Å². The lowest BCUT2D eigenvalue weighted by Crippen LogP contribution is -2.05. The van der Waals surface area contributed by atoms with Crippen LogP contribution in [0.25, 0.3) is 0 Å². The van der Waals surface area contributed by atoms with E-state index in [1.807, 2.05) is 0 Å². The van der Waals surface area contributed by atoms with Gasteiger partial charge in [-0.2, -0.15) is 0 Å². The highest BCUT2D eigenvalue weighted by Crippen LogP contribution is 2.09. The molecule has 2 aliphatic heterocycles. The Hall–Kier alpha value is -0.860. The fraction of sp³-hybridized carbons (Fsp3) is 0.750. The zero-order valence-electron chi connectivity index (χ0n) is 6.55. The minimum atomic E-state index is 0.766. The Bertz CT molecular complexity index is 186. The number of aliphatic imine (C=N–C) groups is 2. The molecular weight excluding hydrogens is 140 g/mol. The molecule has 0 saturated carbocycles. The SMILES string of the molecule is C1CN=C(CC2=NCCO2)C1. The van der Waals surface area contributed by atoms with Gasteiger partial charge in [-0.15, -0.1) is 0 Å². The number of ether oxygens (including phenoxy) is 1. The molecule has 0 unspecified atom stereocenters. The van der Waals surface area contributed by atoms with Crippen molar-refractivity contribution in [1.82, 2.24) is 0 Å². The summed E-state index contributed by atoms with van der Waals surface area (Å²) in [5, 5.41) is 0. The molecule has 60 valence electrons. The average Bonchev–Trinajstić information content (AvgIpc) is 2.60. The van der Waals surface area contributed by atoms with Gasteiger partial charge in [0.15, 0.2) is 5.90 Å². The van der Waals surface area contributed by atoms with Crippen molar-refractivity contribution in [2.45, 2.75) is 19.3 Å². The van der Waals surface area contributed by atoms with Crippen molar-refractivity contribution in [3.05, 3.63) is 0 Å². The van der Waals surface area contributed by atoms with E-state index in [0.717, 1.165) is 38.4 Å². The molecule has 0 N–H and O–H groups in total. The first kappa shape index (κ1) is 6.83. The lowest BCUT2D eigenvalue weighted by atomic mass is 10.2. The molecular formula is C8H12N2O.